The quantitative estimate of drug-likeness (QED) is 0.632. The van der Waals surface area contributed by atoms with Gasteiger partial charge in [-0.25, -0.2) is 0 Å². The Kier molecular flexibility index (Phi) is 11.0. The Bertz CT molecular complexity index is 316. The van der Waals surface area contributed by atoms with Crippen molar-refractivity contribution in [2.75, 3.05) is 0 Å². The number of phenols is 2. The van der Waals surface area contributed by atoms with Gasteiger partial charge in [0, 0.05) is 21.7 Å². The topological polar surface area (TPSA) is 75.5 Å². The second-order valence-corrected chi connectivity index (χ2v) is 2.67. The van der Waals surface area contributed by atoms with Crippen LogP contribution in [0.3, 0.4) is 0 Å². The van der Waals surface area contributed by atoms with E-state index in [9.17, 15) is 0 Å². The van der Waals surface area contributed by atoms with E-state index in [1.165, 1.54) is 0 Å². The van der Waals surface area contributed by atoms with Crippen LogP contribution < -0.4 is 6.15 Å². The van der Waals surface area contributed by atoms with Gasteiger partial charge >= 0.3 is 0 Å². The van der Waals surface area contributed by atoms with E-state index < -0.39 is 0 Å². The minimum Gasteiger partial charge on any atom is -0.508 e. The van der Waals surface area contributed by atoms with Gasteiger partial charge in [-0.15, -0.1) is 0 Å². The molecule has 0 unspecified atom stereocenters. The van der Waals surface area contributed by atoms with E-state index in [0.29, 0.717) is 11.5 Å². The zero-order valence-corrected chi connectivity index (χ0v) is 10.4. The molecule has 0 atom stereocenters. The molecule has 0 amide bonds. The molecule has 0 heterocycles. The Morgan fingerprint density at radius 1 is 0.562 bits per heavy atom. The summed E-state index contributed by atoms with van der Waals surface area (Å²) in [5.41, 5.74) is 0. The minimum absolute atomic E-state index is 0. The Balaban J connectivity index is 0. The molecule has 0 aliphatic heterocycles. The first kappa shape index (κ1) is 17.1. The summed E-state index contributed by atoms with van der Waals surface area (Å²) in [6.45, 7) is 0. The van der Waals surface area contributed by atoms with Gasteiger partial charge in [0.1, 0.15) is 11.5 Å². The number of aromatic hydroxyl groups is 2. The second-order valence-electron chi connectivity index (χ2n) is 2.67. The van der Waals surface area contributed by atoms with Crippen LogP contribution in [0.15, 0.2) is 60.7 Å². The van der Waals surface area contributed by atoms with Crippen LogP contribution in [-0.2, 0) is 21.7 Å². The maximum atomic E-state index is 8.63. The van der Waals surface area contributed by atoms with Crippen LogP contribution >= 0.6 is 0 Å². The number of phenolic OH excluding ortho intramolecular Hbond substituents is 2. The van der Waals surface area contributed by atoms with E-state index in [-0.39, 0.29) is 27.9 Å². The molecule has 0 spiro atoms. The molecule has 0 saturated heterocycles. The molecule has 5 N–H and O–H groups in total. The van der Waals surface area contributed by atoms with Crippen molar-refractivity contribution in [3.05, 3.63) is 60.7 Å². The SMILES string of the molecule is N.Oc1ccccc1.Oc1ccccc1.[Ti]. The summed E-state index contributed by atoms with van der Waals surface area (Å²) in [6.07, 6.45) is 0. The molecule has 4 heteroatoms. The van der Waals surface area contributed by atoms with Crippen molar-refractivity contribution in [1.29, 1.82) is 0 Å². The van der Waals surface area contributed by atoms with Crippen molar-refractivity contribution in [3.8, 4) is 11.5 Å². The van der Waals surface area contributed by atoms with Crippen LogP contribution in [-0.4, -0.2) is 10.2 Å². The molecule has 0 aromatic heterocycles. The van der Waals surface area contributed by atoms with Gasteiger partial charge in [0.25, 0.3) is 0 Å². The van der Waals surface area contributed by atoms with E-state index in [4.69, 9.17) is 10.2 Å². The summed E-state index contributed by atoms with van der Waals surface area (Å²) < 4.78 is 0. The predicted molar refractivity (Wildman–Crippen MR) is 61.2 cm³/mol. The minimum atomic E-state index is 0. The van der Waals surface area contributed by atoms with Gasteiger partial charge in [-0.3, -0.25) is 0 Å². The second kappa shape index (κ2) is 10.2. The smallest absolute Gasteiger partial charge is 0.115 e. The normalized spacial score (nSPS) is 7.50. The van der Waals surface area contributed by atoms with Crippen molar-refractivity contribution >= 4 is 0 Å². The fourth-order valence-electron chi connectivity index (χ4n) is 0.856. The van der Waals surface area contributed by atoms with E-state index in [2.05, 4.69) is 0 Å². The molecular weight excluding hydrogens is 238 g/mol. The molecular formula is C12H15NO2Ti. The molecule has 2 aromatic rings. The van der Waals surface area contributed by atoms with Gasteiger partial charge in [-0.2, -0.15) is 0 Å². The number of para-hydroxylation sites is 2. The third-order valence-electron chi connectivity index (χ3n) is 1.51. The molecule has 2 aromatic carbocycles. The first-order valence-corrected chi connectivity index (χ1v) is 4.27. The Hall–Kier alpha value is -1.29. The van der Waals surface area contributed by atoms with Crippen LogP contribution in [0.1, 0.15) is 0 Å². The molecule has 0 radical (unpaired) electrons. The van der Waals surface area contributed by atoms with Crippen molar-refractivity contribution in [1.82, 2.24) is 6.15 Å². The Morgan fingerprint density at radius 2 is 0.812 bits per heavy atom. The van der Waals surface area contributed by atoms with E-state index in [0.717, 1.165) is 0 Å². The number of hydrogen-bond acceptors (Lipinski definition) is 3. The molecule has 3 nitrogen and oxygen atoms in total. The van der Waals surface area contributed by atoms with Crippen LogP contribution in [0.25, 0.3) is 0 Å². The first-order chi connectivity index (χ1) is 6.79. The number of hydrogen-bond donors (Lipinski definition) is 3. The maximum absolute atomic E-state index is 8.63. The van der Waals surface area contributed by atoms with Gasteiger partial charge in [-0.1, -0.05) is 36.4 Å². The van der Waals surface area contributed by atoms with Gasteiger partial charge in [0.05, 0.1) is 0 Å². The van der Waals surface area contributed by atoms with Gasteiger partial charge in [0.15, 0.2) is 0 Å². The van der Waals surface area contributed by atoms with E-state index >= 15 is 0 Å². The molecule has 0 fully saturated rings. The zero-order valence-electron chi connectivity index (χ0n) is 8.88. The number of benzene rings is 2. The van der Waals surface area contributed by atoms with Crippen LogP contribution in [0.5, 0.6) is 11.5 Å². The summed E-state index contributed by atoms with van der Waals surface area (Å²) >= 11 is 0. The molecule has 16 heavy (non-hydrogen) atoms. The first-order valence-electron chi connectivity index (χ1n) is 4.27. The Labute approximate surface area is 110 Å². The summed E-state index contributed by atoms with van der Waals surface area (Å²) in [6, 6.07) is 17.4. The average molecular weight is 253 g/mol. The average Bonchev–Trinajstić information content (AvgIpc) is 2.21. The molecule has 0 saturated carbocycles. The fraction of sp³-hybridized carbons (Fsp3) is 0. The van der Waals surface area contributed by atoms with E-state index in [1.807, 2.05) is 12.1 Å². The predicted octanol–water partition coefficient (Wildman–Crippen LogP) is 2.94. The van der Waals surface area contributed by atoms with Crippen LogP contribution in [0, 0.1) is 0 Å². The van der Waals surface area contributed by atoms with Gasteiger partial charge < -0.3 is 16.4 Å². The molecule has 0 aliphatic carbocycles. The standard InChI is InChI=1S/2C6H6O.H3N.Ti/c2*7-6-4-2-1-3-5-6;;/h2*1-5,7H;1H3;. The molecule has 0 aliphatic rings. The third kappa shape index (κ3) is 8.06. The van der Waals surface area contributed by atoms with Crippen LogP contribution in [0.4, 0.5) is 0 Å². The monoisotopic (exact) mass is 253 g/mol. The summed E-state index contributed by atoms with van der Waals surface area (Å²) in [7, 11) is 0. The maximum Gasteiger partial charge on any atom is 0.115 e. The van der Waals surface area contributed by atoms with Crippen molar-refractivity contribution in [2.24, 2.45) is 0 Å². The summed E-state index contributed by atoms with van der Waals surface area (Å²) in [4.78, 5) is 0. The Morgan fingerprint density at radius 3 is 0.938 bits per heavy atom. The van der Waals surface area contributed by atoms with Gasteiger partial charge in [0.2, 0.25) is 0 Å². The van der Waals surface area contributed by atoms with Crippen molar-refractivity contribution in [3.63, 3.8) is 0 Å². The summed E-state index contributed by atoms with van der Waals surface area (Å²) in [5, 5.41) is 17.3. The molecule has 2 rings (SSSR count). The third-order valence-corrected chi connectivity index (χ3v) is 1.51. The summed E-state index contributed by atoms with van der Waals surface area (Å²) in [5.74, 6) is 0.644. The van der Waals surface area contributed by atoms with Crippen molar-refractivity contribution in [2.45, 2.75) is 0 Å². The van der Waals surface area contributed by atoms with E-state index in [1.54, 1.807) is 48.5 Å². The molecule has 0 bridgehead atoms. The zero-order chi connectivity index (χ0) is 10.2. The fourth-order valence-corrected chi connectivity index (χ4v) is 0.856. The van der Waals surface area contributed by atoms with Crippen LogP contribution in [0.2, 0.25) is 0 Å². The largest absolute Gasteiger partial charge is 0.508 e. The number of rotatable bonds is 0. The molecule has 84 valence electrons. The van der Waals surface area contributed by atoms with Gasteiger partial charge in [-0.05, 0) is 24.3 Å². The van der Waals surface area contributed by atoms with Crippen molar-refractivity contribution < 1.29 is 31.9 Å².